The van der Waals surface area contributed by atoms with Crippen LogP contribution in [0.2, 0.25) is 10.0 Å². The van der Waals surface area contributed by atoms with Gasteiger partial charge in [0.25, 0.3) is 11.5 Å². The zero-order valence-electron chi connectivity index (χ0n) is 17.6. The molecule has 1 heterocycles. The largest absolute Gasteiger partial charge is 0.472 e. The standard InChI is InChI=1S/C25H19Cl2N3O3/c1-16-21(27)3-2-4-22(16)28-25(32)18-7-11-20(12-8-18)30-24(31)14-13-23(29-30)33-15-17-5-9-19(26)10-6-17/h2-14H,15H2,1H3,(H,28,32). The second kappa shape index (κ2) is 9.90. The number of halogens is 2. The van der Waals surface area contributed by atoms with Gasteiger partial charge in [0.1, 0.15) is 6.61 Å². The average Bonchev–Trinajstić information content (AvgIpc) is 2.82. The molecule has 0 spiro atoms. The van der Waals surface area contributed by atoms with Crippen molar-refractivity contribution in [2.24, 2.45) is 0 Å². The van der Waals surface area contributed by atoms with Gasteiger partial charge in [-0.3, -0.25) is 9.59 Å². The summed E-state index contributed by atoms with van der Waals surface area (Å²) in [5.41, 5.74) is 2.97. The predicted molar refractivity (Wildman–Crippen MR) is 130 cm³/mol. The Labute approximate surface area is 200 Å². The Morgan fingerprint density at radius 1 is 0.970 bits per heavy atom. The Hall–Kier alpha value is -3.61. The van der Waals surface area contributed by atoms with Gasteiger partial charge in [-0.05, 0) is 66.6 Å². The lowest BCUT2D eigenvalue weighted by Crippen LogP contribution is -2.21. The minimum absolute atomic E-state index is 0.282. The molecular weight excluding hydrogens is 461 g/mol. The summed E-state index contributed by atoms with van der Waals surface area (Å²) < 4.78 is 6.93. The van der Waals surface area contributed by atoms with Crippen LogP contribution in [0.4, 0.5) is 5.69 Å². The summed E-state index contributed by atoms with van der Waals surface area (Å²) in [7, 11) is 0. The van der Waals surface area contributed by atoms with E-state index in [2.05, 4.69) is 10.4 Å². The number of rotatable bonds is 6. The number of ether oxygens (including phenoxy) is 1. The third-order valence-corrected chi connectivity index (χ3v) is 5.63. The molecule has 1 amide bonds. The Balaban J connectivity index is 1.49. The lowest BCUT2D eigenvalue weighted by Gasteiger charge is -2.11. The van der Waals surface area contributed by atoms with Gasteiger partial charge in [-0.15, -0.1) is 5.10 Å². The van der Waals surface area contributed by atoms with Crippen LogP contribution in [0, 0.1) is 6.92 Å². The Bertz CT molecular complexity index is 1350. The molecule has 0 atom stereocenters. The van der Waals surface area contributed by atoms with Crippen molar-refractivity contribution in [1.29, 1.82) is 0 Å². The fourth-order valence-corrected chi connectivity index (χ4v) is 3.39. The van der Waals surface area contributed by atoms with E-state index in [1.807, 2.05) is 19.1 Å². The highest BCUT2D eigenvalue weighted by molar-refractivity contribution is 6.31. The van der Waals surface area contributed by atoms with E-state index in [-0.39, 0.29) is 18.1 Å². The van der Waals surface area contributed by atoms with Gasteiger partial charge in [0.2, 0.25) is 5.88 Å². The molecule has 3 aromatic carbocycles. The van der Waals surface area contributed by atoms with E-state index >= 15 is 0 Å². The van der Waals surface area contributed by atoms with Gasteiger partial charge in [0.15, 0.2) is 0 Å². The fourth-order valence-electron chi connectivity index (χ4n) is 3.09. The number of carbonyl (C=O) groups excluding carboxylic acids is 1. The summed E-state index contributed by atoms with van der Waals surface area (Å²) >= 11 is 12.0. The first kappa shape index (κ1) is 22.6. The van der Waals surface area contributed by atoms with Crippen molar-refractivity contribution in [3.8, 4) is 11.6 Å². The minimum atomic E-state index is -0.319. The maximum absolute atomic E-state index is 12.6. The van der Waals surface area contributed by atoms with Gasteiger partial charge in [-0.2, -0.15) is 4.68 Å². The van der Waals surface area contributed by atoms with Crippen LogP contribution in [0.3, 0.4) is 0 Å². The number of nitrogens with one attached hydrogen (secondary N) is 1. The maximum atomic E-state index is 12.6. The van der Waals surface area contributed by atoms with E-state index in [9.17, 15) is 9.59 Å². The summed E-state index contributed by atoms with van der Waals surface area (Å²) in [4.78, 5) is 25.0. The molecule has 8 heteroatoms. The van der Waals surface area contributed by atoms with Crippen LogP contribution in [0.15, 0.2) is 83.7 Å². The molecule has 4 rings (SSSR count). The predicted octanol–water partition coefficient (Wildman–Crippen LogP) is 5.68. The van der Waals surface area contributed by atoms with Crippen LogP contribution >= 0.6 is 23.2 Å². The number of hydrogen-bond donors (Lipinski definition) is 1. The first-order valence-electron chi connectivity index (χ1n) is 10.1. The molecule has 4 aromatic rings. The monoisotopic (exact) mass is 479 g/mol. The molecule has 0 saturated carbocycles. The number of anilines is 1. The van der Waals surface area contributed by atoms with Crippen LogP contribution < -0.4 is 15.6 Å². The normalized spacial score (nSPS) is 10.6. The highest BCUT2D eigenvalue weighted by Gasteiger charge is 2.11. The number of benzene rings is 3. The summed E-state index contributed by atoms with van der Waals surface area (Å²) in [6.45, 7) is 2.12. The van der Waals surface area contributed by atoms with Gasteiger partial charge < -0.3 is 10.1 Å². The number of hydrogen-bond acceptors (Lipinski definition) is 4. The summed E-state index contributed by atoms with van der Waals surface area (Å²) in [5.74, 6) is 0.00933. The first-order valence-corrected chi connectivity index (χ1v) is 10.8. The smallest absolute Gasteiger partial charge is 0.271 e. The van der Waals surface area contributed by atoms with Gasteiger partial charge in [0, 0.05) is 33.4 Å². The first-order chi connectivity index (χ1) is 15.9. The SMILES string of the molecule is Cc1c(Cl)cccc1NC(=O)c1ccc(-n2nc(OCc3ccc(Cl)cc3)ccc2=O)cc1. The molecule has 33 heavy (non-hydrogen) atoms. The molecule has 0 aliphatic heterocycles. The van der Waals surface area contributed by atoms with E-state index in [1.165, 1.54) is 16.8 Å². The lowest BCUT2D eigenvalue weighted by molar-refractivity contribution is 0.102. The number of nitrogens with zero attached hydrogens (tertiary/aromatic N) is 2. The van der Waals surface area contributed by atoms with Crippen molar-refractivity contribution in [2.75, 3.05) is 5.32 Å². The molecule has 166 valence electrons. The minimum Gasteiger partial charge on any atom is -0.472 e. The van der Waals surface area contributed by atoms with Crippen molar-refractivity contribution >= 4 is 34.8 Å². The van der Waals surface area contributed by atoms with Crippen LogP contribution in [0.25, 0.3) is 5.69 Å². The summed E-state index contributed by atoms with van der Waals surface area (Å²) in [5, 5.41) is 8.35. The zero-order chi connectivity index (χ0) is 23.4. The molecule has 0 aliphatic carbocycles. The Morgan fingerprint density at radius 3 is 2.42 bits per heavy atom. The topological polar surface area (TPSA) is 73.2 Å². The molecule has 1 N–H and O–H groups in total. The molecule has 0 bridgehead atoms. The van der Waals surface area contributed by atoms with Crippen molar-refractivity contribution in [3.63, 3.8) is 0 Å². The highest BCUT2D eigenvalue weighted by atomic mass is 35.5. The molecule has 0 aliphatic rings. The Morgan fingerprint density at radius 2 is 1.70 bits per heavy atom. The van der Waals surface area contributed by atoms with Crippen molar-refractivity contribution in [1.82, 2.24) is 9.78 Å². The van der Waals surface area contributed by atoms with E-state index in [0.29, 0.717) is 32.9 Å². The van der Waals surface area contributed by atoms with Gasteiger partial charge >= 0.3 is 0 Å². The molecule has 0 radical (unpaired) electrons. The van der Waals surface area contributed by atoms with Crippen LogP contribution in [0.1, 0.15) is 21.5 Å². The molecule has 1 aromatic heterocycles. The van der Waals surface area contributed by atoms with Crippen molar-refractivity contribution in [3.05, 3.63) is 116 Å². The zero-order valence-corrected chi connectivity index (χ0v) is 19.1. The van der Waals surface area contributed by atoms with Gasteiger partial charge in [0.05, 0.1) is 5.69 Å². The van der Waals surface area contributed by atoms with Crippen molar-refractivity contribution < 1.29 is 9.53 Å². The van der Waals surface area contributed by atoms with Gasteiger partial charge in [-0.25, -0.2) is 0 Å². The summed E-state index contributed by atoms with van der Waals surface area (Å²) in [6, 6.07) is 22.0. The number of carbonyl (C=O) groups is 1. The van der Waals surface area contributed by atoms with Gasteiger partial charge in [-0.1, -0.05) is 41.4 Å². The van der Waals surface area contributed by atoms with Crippen LogP contribution in [-0.2, 0) is 6.61 Å². The molecule has 0 unspecified atom stereocenters. The quantitative estimate of drug-likeness (QED) is 0.386. The van der Waals surface area contributed by atoms with Crippen LogP contribution in [-0.4, -0.2) is 15.7 Å². The number of aromatic nitrogens is 2. The second-order valence-electron chi connectivity index (χ2n) is 7.25. The highest BCUT2D eigenvalue weighted by Crippen LogP contribution is 2.23. The third kappa shape index (κ3) is 5.42. The molecular formula is C25H19Cl2N3O3. The summed E-state index contributed by atoms with van der Waals surface area (Å²) in [6.07, 6.45) is 0. The Kier molecular flexibility index (Phi) is 6.77. The van der Waals surface area contributed by atoms with E-state index in [4.69, 9.17) is 27.9 Å². The third-order valence-electron chi connectivity index (χ3n) is 4.97. The van der Waals surface area contributed by atoms with E-state index in [1.54, 1.807) is 54.6 Å². The lowest BCUT2D eigenvalue weighted by atomic mass is 10.1. The van der Waals surface area contributed by atoms with E-state index < -0.39 is 0 Å². The second-order valence-corrected chi connectivity index (χ2v) is 8.09. The molecule has 0 fully saturated rings. The fraction of sp³-hybridized carbons (Fsp3) is 0.0800. The van der Waals surface area contributed by atoms with E-state index in [0.717, 1.165) is 11.1 Å². The van der Waals surface area contributed by atoms with Crippen LogP contribution in [0.5, 0.6) is 5.88 Å². The molecule has 6 nitrogen and oxygen atoms in total. The maximum Gasteiger partial charge on any atom is 0.271 e. The number of amides is 1. The average molecular weight is 480 g/mol. The van der Waals surface area contributed by atoms with Crippen molar-refractivity contribution in [2.45, 2.75) is 13.5 Å². The molecule has 0 saturated heterocycles.